The quantitative estimate of drug-likeness (QED) is 0.610. The third-order valence-electron chi connectivity index (χ3n) is 4.05. The molecule has 4 heteroatoms. The molecule has 0 heterocycles. The number of para-hydroxylation sites is 1. The van der Waals surface area contributed by atoms with E-state index >= 15 is 0 Å². The number of carbonyl (C=O) groups is 1. The second-order valence-corrected chi connectivity index (χ2v) is 6.03. The van der Waals surface area contributed by atoms with Gasteiger partial charge in [-0.1, -0.05) is 49.7 Å². The van der Waals surface area contributed by atoms with Gasteiger partial charge in [0.2, 0.25) is 0 Å². The molecule has 3 rings (SSSR count). The fraction of sp³-hybridized carbons (Fsp3) is 0.136. The van der Waals surface area contributed by atoms with Gasteiger partial charge in [-0.2, -0.15) is 0 Å². The number of ether oxygens (including phenoxy) is 1. The molecule has 0 unspecified atom stereocenters. The molecule has 3 aromatic carbocycles. The molecule has 0 aliphatic carbocycles. The Bertz CT molecular complexity index is 914. The van der Waals surface area contributed by atoms with Gasteiger partial charge in [-0.05, 0) is 36.2 Å². The number of benzene rings is 3. The molecule has 0 fully saturated rings. The number of phenolic OH excluding ortho intramolecular Hbond substituents is 2. The van der Waals surface area contributed by atoms with E-state index in [1.165, 1.54) is 23.8 Å². The number of aromatic hydroxyl groups is 2. The van der Waals surface area contributed by atoms with E-state index in [2.05, 4.69) is 6.92 Å². The Hall–Kier alpha value is -3.27. The SMILES string of the molecule is CCCc1ccc(C(=O)c2ccccc2Oc2ccc(O)cc2O)cc1. The zero-order valence-corrected chi connectivity index (χ0v) is 14.5. The smallest absolute Gasteiger partial charge is 0.196 e. The number of ketones is 1. The molecule has 26 heavy (non-hydrogen) atoms. The summed E-state index contributed by atoms with van der Waals surface area (Å²) in [4.78, 5) is 12.9. The van der Waals surface area contributed by atoms with Gasteiger partial charge < -0.3 is 14.9 Å². The highest BCUT2D eigenvalue weighted by Crippen LogP contribution is 2.35. The minimum Gasteiger partial charge on any atom is -0.508 e. The van der Waals surface area contributed by atoms with Crippen molar-refractivity contribution in [2.24, 2.45) is 0 Å². The molecule has 0 amide bonds. The van der Waals surface area contributed by atoms with Gasteiger partial charge in [0, 0.05) is 11.6 Å². The van der Waals surface area contributed by atoms with Crippen molar-refractivity contribution in [2.45, 2.75) is 19.8 Å². The van der Waals surface area contributed by atoms with E-state index < -0.39 is 0 Å². The summed E-state index contributed by atoms with van der Waals surface area (Å²) in [5.41, 5.74) is 2.18. The molecule has 0 saturated heterocycles. The van der Waals surface area contributed by atoms with Gasteiger partial charge in [0.25, 0.3) is 0 Å². The molecule has 4 nitrogen and oxygen atoms in total. The van der Waals surface area contributed by atoms with Crippen LogP contribution in [0.15, 0.2) is 66.7 Å². The maximum Gasteiger partial charge on any atom is 0.196 e. The Morgan fingerprint density at radius 3 is 2.35 bits per heavy atom. The maximum atomic E-state index is 12.9. The van der Waals surface area contributed by atoms with E-state index in [9.17, 15) is 15.0 Å². The summed E-state index contributed by atoms with van der Waals surface area (Å²) >= 11 is 0. The average molecular weight is 348 g/mol. The van der Waals surface area contributed by atoms with E-state index in [4.69, 9.17) is 4.74 Å². The minimum absolute atomic E-state index is 0.0635. The monoisotopic (exact) mass is 348 g/mol. The Morgan fingerprint density at radius 1 is 0.923 bits per heavy atom. The number of hydrogen-bond acceptors (Lipinski definition) is 4. The van der Waals surface area contributed by atoms with Crippen molar-refractivity contribution in [3.05, 3.63) is 83.4 Å². The summed E-state index contributed by atoms with van der Waals surface area (Å²) in [7, 11) is 0. The molecule has 0 bridgehead atoms. The van der Waals surface area contributed by atoms with Crippen LogP contribution in [-0.4, -0.2) is 16.0 Å². The lowest BCUT2D eigenvalue weighted by Crippen LogP contribution is -2.04. The van der Waals surface area contributed by atoms with Gasteiger partial charge in [0.05, 0.1) is 5.56 Å². The van der Waals surface area contributed by atoms with Crippen LogP contribution in [-0.2, 0) is 6.42 Å². The topological polar surface area (TPSA) is 66.8 Å². The van der Waals surface area contributed by atoms with Crippen molar-refractivity contribution >= 4 is 5.78 Å². The Kier molecular flexibility index (Phi) is 5.23. The van der Waals surface area contributed by atoms with Crippen molar-refractivity contribution in [1.29, 1.82) is 0 Å². The van der Waals surface area contributed by atoms with Gasteiger partial charge in [0.1, 0.15) is 11.5 Å². The molecule has 0 aromatic heterocycles. The highest BCUT2D eigenvalue weighted by Gasteiger charge is 2.16. The van der Waals surface area contributed by atoms with Crippen LogP contribution < -0.4 is 4.74 Å². The molecule has 0 aliphatic rings. The zero-order valence-electron chi connectivity index (χ0n) is 14.5. The molecule has 0 aliphatic heterocycles. The van der Waals surface area contributed by atoms with Crippen LogP contribution >= 0.6 is 0 Å². The average Bonchev–Trinajstić information content (AvgIpc) is 2.65. The lowest BCUT2D eigenvalue weighted by Gasteiger charge is -2.12. The van der Waals surface area contributed by atoms with Crippen LogP contribution in [0.4, 0.5) is 0 Å². The molecule has 3 aromatic rings. The van der Waals surface area contributed by atoms with E-state index in [0.29, 0.717) is 16.9 Å². The zero-order chi connectivity index (χ0) is 18.5. The molecule has 132 valence electrons. The normalized spacial score (nSPS) is 10.5. The van der Waals surface area contributed by atoms with E-state index in [1.54, 1.807) is 24.3 Å². The number of carbonyl (C=O) groups excluding carboxylic acids is 1. The van der Waals surface area contributed by atoms with Crippen molar-refractivity contribution in [2.75, 3.05) is 0 Å². The highest BCUT2D eigenvalue weighted by atomic mass is 16.5. The van der Waals surface area contributed by atoms with Crippen molar-refractivity contribution in [1.82, 2.24) is 0 Å². The first-order valence-corrected chi connectivity index (χ1v) is 8.51. The summed E-state index contributed by atoms with van der Waals surface area (Å²) in [6.07, 6.45) is 2.04. The van der Waals surface area contributed by atoms with Crippen molar-refractivity contribution in [3.63, 3.8) is 0 Å². The third-order valence-corrected chi connectivity index (χ3v) is 4.05. The Labute approximate surface area is 152 Å². The first-order valence-electron chi connectivity index (χ1n) is 8.51. The third kappa shape index (κ3) is 3.86. The number of hydrogen-bond donors (Lipinski definition) is 2. The molecule has 0 radical (unpaired) electrons. The predicted molar refractivity (Wildman–Crippen MR) is 100 cm³/mol. The van der Waals surface area contributed by atoms with Gasteiger partial charge in [0.15, 0.2) is 17.3 Å². The van der Waals surface area contributed by atoms with Crippen LogP contribution in [0.25, 0.3) is 0 Å². The molecular weight excluding hydrogens is 328 g/mol. The van der Waals surface area contributed by atoms with E-state index in [-0.39, 0.29) is 23.0 Å². The molecule has 2 N–H and O–H groups in total. The lowest BCUT2D eigenvalue weighted by molar-refractivity contribution is 0.103. The molecule has 0 spiro atoms. The number of aryl methyl sites for hydroxylation is 1. The summed E-state index contributed by atoms with van der Waals surface area (Å²) in [5, 5.41) is 19.3. The molecular formula is C22H20O4. The van der Waals surface area contributed by atoms with Crippen LogP contribution in [0.2, 0.25) is 0 Å². The second kappa shape index (κ2) is 7.74. The van der Waals surface area contributed by atoms with Gasteiger partial charge >= 0.3 is 0 Å². The van der Waals surface area contributed by atoms with Gasteiger partial charge in [-0.15, -0.1) is 0 Å². The number of phenols is 2. The van der Waals surface area contributed by atoms with Crippen LogP contribution in [0.5, 0.6) is 23.0 Å². The highest BCUT2D eigenvalue weighted by molar-refractivity contribution is 6.10. The van der Waals surface area contributed by atoms with Crippen molar-refractivity contribution < 1.29 is 19.7 Å². The fourth-order valence-electron chi connectivity index (χ4n) is 2.72. The second-order valence-electron chi connectivity index (χ2n) is 6.03. The van der Waals surface area contributed by atoms with Crippen molar-refractivity contribution in [3.8, 4) is 23.0 Å². The fourth-order valence-corrected chi connectivity index (χ4v) is 2.72. The Balaban J connectivity index is 1.89. The largest absolute Gasteiger partial charge is 0.508 e. The van der Waals surface area contributed by atoms with Crippen LogP contribution in [0.3, 0.4) is 0 Å². The first-order chi connectivity index (χ1) is 12.6. The summed E-state index contributed by atoms with van der Waals surface area (Å²) in [6.45, 7) is 2.12. The maximum absolute atomic E-state index is 12.9. The first kappa shape index (κ1) is 17.5. The summed E-state index contributed by atoms with van der Waals surface area (Å²) in [6, 6.07) is 18.5. The predicted octanol–water partition coefficient (Wildman–Crippen LogP) is 5.07. The standard InChI is InChI=1S/C22H20O4/c1-2-5-15-8-10-16(11-9-15)22(25)18-6-3-4-7-20(18)26-21-13-12-17(23)14-19(21)24/h3-4,6-14,23-24H,2,5H2,1H3. The van der Waals surface area contributed by atoms with E-state index in [1.807, 2.05) is 24.3 Å². The van der Waals surface area contributed by atoms with E-state index in [0.717, 1.165) is 12.8 Å². The van der Waals surface area contributed by atoms with Crippen LogP contribution in [0, 0.1) is 0 Å². The van der Waals surface area contributed by atoms with Gasteiger partial charge in [-0.3, -0.25) is 4.79 Å². The summed E-state index contributed by atoms with van der Waals surface area (Å²) in [5.74, 6) is 0.0990. The Morgan fingerprint density at radius 2 is 1.65 bits per heavy atom. The summed E-state index contributed by atoms with van der Waals surface area (Å²) < 4.78 is 5.72. The molecule has 0 atom stereocenters. The van der Waals surface area contributed by atoms with Crippen LogP contribution in [0.1, 0.15) is 34.8 Å². The number of rotatable bonds is 6. The van der Waals surface area contributed by atoms with Gasteiger partial charge in [-0.25, -0.2) is 0 Å². The lowest BCUT2D eigenvalue weighted by atomic mass is 10.00. The molecule has 0 saturated carbocycles. The minimum atomic E-state index is -0.198.